The van der Waals surface area contributed by atoms with Crippen LogP contribution in [0.3, 0.4) is 0 Å². The van der Waals surface area contributed by atoms with Crippen molar-refractivity contribution in [3.05, 3.63) is 42.7 Å². The zero-order valence-corrected chi connectivity index (χ0v) is 19.5. The predicted molar refractivity (Wildman–Crippen MR) is 128 cm³/mol. The van der Waals surface area contributed by atoms with Crippen molar-refractivity contribution >= 4 is 35.1 Å². The Morgan fingerprint density at radius 1 is 0.943 bits per heavy atom. The molecule has 3 N–H and O–H groups in total. The predicted octanol–water partition coefficient (Wildman–Crippen LogP) is 3.72. The van der Waals surface area contributed by atoms with E-state index in [-0.39, 0.29) is 6.10 Å². The number of ether oxygens (including phenoxy) is 5. The molecule has 1 aliphatic rings. The molecule has 0 saturated carbocycles. The van der Waals surface area contributed by atoms with E-state index in [4.69, 9.17) is 23.7 Å². The van der Waals surface area contributed by atoms with Gasteiger partial charge in [-0.15, -0.1) is 0 Å². The fraction of sp³-hybridized carbons (Fsp3) is 0.304. The molecule has 4 rings (SSSR count). The lowest BCUT2D eigenvalue weighted by molar-refractivity contribution is 0.0932. The number of carbonyl (C=O) groups excluding carboxylic acids is 1. The molecule has 0 bridgehead atoms. The molecule has 35 heavy (non-hydrogen) atoms. The fourth-order valence-corrected chi connectivity index (χ4v) is 3.41. The first-order valence-corrected chi connectivity index (χ1v) is 10.8. The molecule has 2 heterocycles. The Hall–Kier alpha value is -4.32. The minimum atomic E-state index is -0.533. The summed E-state index contributed by atoms with van der Waals surface area (Å²) in [5.74, 6) is 2.06. The van der Waals surface area contributed by atoms with Crippen LogP contribution in [-0.2, 0) is 9.47 Å². The molecule has 12 heteroatoms. The van der Waals surface area contributed by atoms with Crippen molar-refractivity contribution in [1.29, 1.82) is 0 Å². The maximum atomic E-state index is 12.1. The maximum Gasteiger partial charge on any atom is 0.411 e. The molecule has 184 valence electrons. The minimum absolute atomic E-state index is 0.224. The summed E-state index contributed by atoms with van der Waals surface area (Å²) >= 11 is 0. The first kappa shape index (κ1) is 23.8. The van der Waals surface area contributed by atoms with Crippen molar-refractivity contribution in [3.8, 4) is 17.2 Å². The van der Waals surface area contributed by atoms with Gasteiger partial charge >= 0.3 is 6.09 Å². The van der Waals surface area contributed by atoms with Crippen molar-refractivity contribution in [2.24, 2.45) is 0 Å². The fourth-order valence-electron chi connectivity index (χ4n) is 3.41. The van der Waals surface area contributed by atoms with Crippen molar-refractivity contribution < 1.29 is 28.5 Å². The van der Waals surface area contributed by atoms with Crippen LogP contribution in [0, 0.1) is 0 Å². The van der Waals surface area contributed by atoms with Gasteiger partial charge in [0, 0.05) is 35.6 Å². The third-order valence-electron chi connectivity index (χ3n) is 5.02. The molecule has 1 saturated heterocycles. The summed E-state index contributed by atoms with van der Waals surface area (Å²) in [6.07, 6.45) is 1.31. The lowest BCUT2D eigenvalue weighted by Crippen LogP contribution is -2.22. The Bertz CT molecular complexity index is 1150. The first-order chi connectivity index (χ1) is 17.1. The van der Waals surface area contributed by atoms with E-state index in [1.165, 1.54) is 27.7 Å². The van der Waals surface area contributed by atoms with Crippen LogP contribution in [0.2, 0.25) is 0 Å². The summed E-state index contributed by atoms with van der Waals surface area (Å²) in [4.78, 5) is 24.8. The largest absolute Gasteiger partial charge is 0.493 e. The van der Waals surface area contributed by atoms with Gasteiger partial charge in [0.1, 0.15) is 12.4 Å². The quantitative estimate of drug-likeness (QED) is 0.411. The van der Waals surface area contributed by atoms with Crippen LogP contribution >= 0.6 is 0 Å². The Morgan fingerprint density at radius 2 is 1.63 bits per heavy atom. The second-order valence-electron chi connectivity index (χ2n) is 7.39. The third kappa shape index (κ3) is 6.18. The Balaban J connectivity index is 1.43. The van der Waals surface area contributed by atoms with Crippen molar-refractivity contribution in [2.75, 3.05) is 50.5 Å². The van der Waals surface area contributed by atoms with Crippen LogP contribution in [0.4, 0.5) is 33.8 Å². The van der Waals surface area contributed by atoms with Gasteiger partial charge in [0.05, 0.1) is 34.5 Å². The molecule has 1 amide bonds. The Kier molecular flexibility index (Phi) is 7.63. The highest BCUT2D eigenvalue weighted by molar-refractivity contribution is 5.85. The van der Waals surface area contributed by atoms with Crippen molar-refractivity contribution in [2.45, 2.75) is 12.5 Å². The zero-order valence-electron chi connectivity index (χ0n) is 19.5. The number of nitrogens with zero attached hydrogens (tertiary/aromatic N) is 3. The average Bonchev–Trinajstić information content (AvgIpc) is 3.36. The number of hydrogen-bond donors (Lipinski definition) is 3. The van der Waals surface area contributed by atoms with Crippen LogP contribution in [0.15, 0.2) is 42.7 Å². The molecular weight excluding hydrogens is 456 g/mol. The van der Waals surface area contributed by atoms with E-state index in [9.17, 15) is 4.79 Å². The van der Waals surface area contributed by atoms with Crippen LogP contribution in [-0.4, -0.2) is 61.7 Å². The third-order valence-corrected chi connectivity index (χ3v) is 5.02. The van der Waals surface area contributed by atoms with E-state index < -0.39 is 6.09 Å². The van der Waals surface area contributed by atoms with Gasteiger partial charge in [-0.3, -0.25) is 5.32 Å². The number of benzene rings is 2. The lowest BCUT2D eigenvalue weighted by atomic mass is 10.2. The Morgan fingerprint density at radius 3 is 2.26 bits per heavy atom. The molecule has 1 aliphatic heterocycles. The van der Waals surface area contributed by atoms with Gasteiger partial charge in [0.2, 0.25) is 17.6 Å². The standard InChI is InChI=1S/C23H26N6O6/c1-31-18-10-16(11-19(32-2)20(18)33-3)27-22-25-13-24-21(29-22)26-14-5-4-6-15(9-14)28-23(30)35-17-7-8-34-12-17/h4-6,9-11,13,17H,7-8,12H2,1-3H3,(H,28,30)(H2,24,25,26,27,29)/t17-/m1/s1. The van der Waals surface area contributed by atoms with Crippen LogP contribution in [0.25, 0.3) is 0 Å². The minimum Gasteiger partial charge on any atom is -0.493 e. The van der Waals surface area contributed by atoms with Gasteiger partial charge in [-0.25, -0.2) is 14.8 Å². The highest BCUT2D eigenvalue weighted by Crippen LogP contribution is 2.40. The zero-order chi connectivity index (χ0) is 24.6. The number of rotatable bonds is 9. The average molecular weight is 482 g/mol. The summed E-state index contributed by atoms with van der Waals surface area (Å²) in [6.45, 7) is 1.01. The van der Waals surface area contributed by atoms with Crippen molar-refractivity contribution in [1.82, 2.24) is 15.0 Å². The van der Waals surface area contributed by atoms with E-state index in [1.807, 2.05) is 6.07 Å². The summed E-state index contributed by atoms with van der Waals surface area (Å²) in [5, 5.41) is 8.91. The summed E-state index contributed by atoms with van der Waals surface area (Å²) in [6, 6.07) is 10.6. The van der Waals surface area contributed by atoms with E-state index in [2.05, 4.69) is 30.9 Å². The number of amides is 1. The second-order valence-corrected chi connectivity index (χ2v) is 7.39. The number of anilines is 5. The molecule has 0 spiro atoms. The topological polar surface area (TPSA) is 138 Å². The second kappa shape index (κ2) is 11.2. The molecular formula is C23H26N6O6. The van der Waals surface area contributed by atoms with Gasteiger partial charge in [0.25, 0.3) is 0 Å². The van der Waals surface area contributed by atoms with Gasteiger partial charge < -0.3 is 34.3 Å². The maximum absolute atomic E-state index is 12.1. The summed E-state index contributed by atoms with van der Waals surface area (Å²) in [7, 11) is 4.62. The van der Waals surface area contributed by atoms with E-state index in [0.29, 0.717) is 65.8 Å². The van der Waals surface area contributed by atoms with Gasteiger partial charge in [-0.1, -0.05) is 6.07 Å². The highest BCUT2D eigenvalue weighted by Gasteiger charge is 2.20. The van der Waals surface area contributed by atoms with Crippen molar-refractivity contribution in [3.63, 3.8) is 0 Å². The van der Waals surface area contributed by atoms with Gasteiger partial charge in [-0.2, -0.15) is 4.98 Å². The van der Waals surface area contributed by atoms with Crippen LogP contribution in [0.5, 0.6) is 17.2 Å². The Labute approximate surface area is 201 Å². The summed E-state index contributed by atoms with van der Waals surface area (Å²) < 4.78 is 26.7. The molecule has 0 unspecified atom stereocenters. The van der Waals surface area contributed by atoms with E-state index in [1.54, 1.807) is 30.3 Å². The molecule has 3 aromatic rings. The monoisotopic (exact) mass is 482 g/mol. The number of carbonyl (C=O) groups is 1. The smallest absolute Gasteiger partial charge is 0.411 e. The number of nitrogens with one attached hydrogen (secondary N) is 3. The highest BCUT2D eigenvalue weighted by atomic mass is 16.6. The SMILES string of the molecule is COc1cc(Nc2ncnc(Nc3cccc(NC(=O)O[C@@H]4CCOC4)c3)n2)cc(OC)c1OC. The molecule has 1 atom stereocenters. The van der Waals surface area contributed by atoms with Crippen LogP contribution in [0.1, 0.15) is 6.42 Å². The lowest BCUT2D eigenvalue weighted by Gasteiger charge is -2.14. The first-order valence-electron chi connectivity index (χ1n) is 10.8. The van der Waals surface area contributed by atoms with E-state index in [0.717, 1.165) is 0 Å². The van der Waals surface area contributed by atoms with Gasteiger partial charge in [0.15, 0.2) is 11.5 Å². The molecule has 1 aromatic heterocycles. The number of methoxy groups -OCH3 is 3. The molecule has 0 aliphatic carbocycles. The number of hydrogen-bond acceptors (Lipinski definition) is 11. The summed E-state index contributed by atoms with van der Waals surface area (Å²) in [5.41, 5.74) is 1.86. The molecule has 12 nitrogen and oxygen atoms in total. The van der Waals surface area contributed by atoms with Crippen LogP contribution < -0.4 is 30.2 Å². The molecule has 2 aromatic carbocycles. The normalized spacial score (nSPS) is 14.7. The van der Waals surface area contributed by atoms with E-state index >= 15 is 0 Å². The molecule has 1 fully saturated rings. The molecule has 0 radical (unpaired) electrons. The van der Waals surface area contributed by atoms with Gasteiger partial charge in [-0.05, 0) is 18.2 Å². The number of aromatic nitrogens is 3.